The number of nitro benzene ring substituents is 1. The molecule has 0 radical (unpaired) electrons. The molecule has 1 aliphatic heterocycles. The second kappa shape index (κ2) is 4.75. The number of benzene rings is 1. The normalized spacial score (nSPS) is 19.8. The minimum atomic E-state index is -0.394. The number of hydrogen-bond donors (Lipinski definition) is 1. The van der Waals surface area contributed by atoms with Crippen molar-refractivity contribution in [3.63, 3.8) is 0 Å². The third-order valence-corrected chi connectivity index (χ3v) is 4.40. The van der Waals surface area contributed by atoms with Crippen molar-refractivity contribution in [2.24, 2.45) is 5.73 Å². The summed E-state index contributed by atoms with van der Waals surface area (Å²) in [4.78, 5) is 17.0. The van der Waals surface area contributed by atoms with E-state index in [2.05, 4.69) is 9.88 Å². The lowest BCUT2D eigenvalue weighted by molar-refractivity contribution is -0.384. The van der Waals surface area contributed by atoms with E-state index in [1.807, 2.05) is 0 Å². The van der Waals surface area contributed by atoms with Crippen LogP contribution in [0.3, 0.4) is 0 Å². The van der Waals surface area contributed by atoms with Gasteiger partial charge in [0.2, 0.25) is 0 Å². The topological polar surface area (TPSA) is 85.3 Å². The van der Waals surface area contributed by atoms with Crippen LogP contribution in [0.25, 0.3) is 10.2 Å². The first kappa shape index (κ1) is 12.3. The van der Waals surface area contributed by atoms with E-state index in [-0.39, 0.29) is 11.7 Å². The Morgan fingerprint density at radius 2 is 2.37 bits per heavy atom. The molecule has 1 saturated heterocycles. The van der Waals surface area contributed by atoms with E-state index in [4.69, 9.17) is 5.73 Å². The maximum absolute atomic E-state index is 10.8. The number of nitrogens with two attached hydrogens (primary N) is 1. The molecule has 19 heavy (non-hydrogen) atoms. The van der Waals surface area contributed by atoms with Gasteiger partial charge in [-0.3, -0.25) is 10.1 Å². The van der Waals surface area contributed by atoms with Crippen molar-refractivity contribution in [2.75, 3.05) is 18.0 Å². The molecule has 1 aromatic carbocycles. The first-order valence-corrected chi connectivity index (χ1v) is 7.00. The zero-order valence-corrected chi connectivity index (χ0v) is 11.1. The third-order valence-electron chi connectivity index (χ3n) is 3.30. The molecule has 2 N–H and O–H groups in total. The molecule has 2 heterocycles. The Morgan fingerprint density at radius 1 is 1.53 bits per heavy atom. The maximum atomic E-state index is 10.8. The number of piperidine rings is 1. The van der Waals surface area contributed by atoms with Gasteiger partial charge in [0.05, 0.1) is 15.1 Å². The standard InChI is InChI=1S/C12H14N4O2S/c13-8-2-1-5-15(7-8)12-14-10-6-9(16(17)18)3-4-11(10)19-12/h3-4,6,8H,1-2,5,7,13H2. The molecule has 2 aromatic rings. The average Bonchev–Trinajstić information content (AvgIpc) is 2.81. The molecule has 6 nitrogen and oxygen atoms in total. The number of anilines is 1. The Hall–Kier alpha value is -1.73. The summed E-state index contributed by atoms with van der Waals surface area (Å²) in [6.07, 6.45) is 2.12. The molecule has 0 bridgehead atoms. The molecule has 0 aliphatic carbocycles. The molecular formula is C12H14N4O2S. The van der Waals surface area contributed by atoms with E-state index in [9.17, 15) is 10.1 Å². The number of thiazole rings is 1. The molecule has 0 saturated carbocycles. The van der Waals surface area contributed by atoms with E-state index >= 15 is 0 Å². The van der Waals surface area contributed by atoms with Crippen LogP contribution in [0, 0.1) is 10.1 Å². The molecule has 7 heteroatoms. The molecule has 1 unspecified atom stereocenters. The van der Waals surface area contributed by atoms with Gasteiger partial charge in [-0.15, -0.1) is 0 Å². The smallest absolute Gasteiger partial charge is 0.271 e. The largest absolute Gasteiger partial charge is 0.347 e. The van der Waals surface area contributed by atoms with Crippen LogP contribution < -0.4 is 10.6 Å². The Balaban J connectivity index is 1.94. The summed E-state index contributed by atoms with van der Waals surface area (Å²) in [5.74, 6) is 0. The molecule has 1 aliphatic rings. The van der Waals surface area contributed by atoms with Crippen LogP contribution >= 0.6 is 11.3 Å². The van der Waals surface area contributed by atoms with Gasteiger partial charge in [0.1, 0.15) is 0 Å². The summed E-state index contributed by atoms with van der Waals surface area (Å²) in [7, 11) is 0. The highest BCUT2D eigenvalue weighted by molar-refractivity contribution is 7.22. The lowest BCUT2D eigenvalue weighted by Gasteiger charge is -2.30. The summed E-state index contributed by atoms with van der Waals surface area (Å²) in [6.45, 7) is 1.76. The Bertz CT molecular complexity index is 627. The second-order valence-electron chi connectivity index (χ2n) is 4.75. The summed E-state index contributed by atoms with van der Waals surface area (Å²) in [6, 6.07) is 5.00. The van der Waals surface area contributed by atoms with Crippen molar-refractivity contribution in [3.05, 3.63) is 28.3 Å². The summed E-state index contributed by atoms with van der Waals surface area (Å²) in [5, 5.41) is 11.7. The van der Waals surface area contributed by atoms with E-state index < -0.39 is 4.92 Å². The van der Waals surface area contributed by atoms with E-state index in [1.54, 1.807) is 17.4 Å². The number of nitro groups is 1. The summed E-state index contributed by atoms with van der Waals surface area (Å²) in [5.41, 5.74) is 6.74. The first-order chi connectivity index (χ1) is 9.13. The number of rotatable bonds is 2. The summed E-state index contributed by atoms with van der Waals surface area (Å²) >= 11 is 1.56. The van der Waals surface area contributed by atoms with Gasteiger partial charge in [0.15, 0.2) is 5.13 Å². The molecule has 0 amide bonds. The fourth-order valence-electron chi connectivity index (χ4n) is 2.34. The molecule has 1 fully saturated rings. The second-order valence-corrected chi connectivity index (χ2v) is 5.76. The van der Waals surface area contributed by atoms with Crippen molar-refractivity contribution in [1.82, 2.24) is 4.98 Å². The van der Waals surface area contributed by atoms with Crippen LogP contribution in [0.1, 0.15) is 12.8 Å². The summed E-state index contributed by atoms with van der Waals surface area (Å²) < 4.78 is 0.972. The number of hydrogen-bond acceptors (Lipinski definition) is 6. The van der Waals surface area contributed by atoms with Crippen LogP contribution in [0.4, 0.5) is 10.8 Å². The molecule has 1 aromatic heterocycles. The lowest BCUT2D eigenvalue weighted by Crippen LogP contribution is -2.42. The third kappa shape index (κ3) is 2.39. The van der Waals surface area contributed by atoms with E-state index in [1.165, 1.54) is 12.1 Å². The lowest BCUT2D eigenvalue weighted by atomic mass is 10.1. The van der Waals surface area contributed by atoms with Crippen molar-refractivity contribution in [2.45, 2.75) is 18.9 Å². The maximum Gasteiger partial charge on any atom is 0.271 e. The van der Waals surface area contributed by atoms with Gasteiger partial charge in [-0.25, -0.2) is 4.98 Å². The van der Waals surface area contributed by atoms with Gasteiger partial charge in [0.25, 0.3) is 5.69 Å². The van der Waals surface area contributed by atoms with Gasteiger partial charge in [-0.1, -0.05) is 11.3 Å². The fraction of sp³-hybridized carbons (Fsp3) is 0.417. The van der Waals surface area contributed by atoms with Gasteiger partial charge in [0, 0.05) is 31.3 Å². The molecule has 0 spiro atoms. The van der Waals surface area contributed by atoms with Crippen molar-refractivity contribution < 1.29 is 4.92 Å². The SMILES string of the molecule is NC1CCCN(c2nc3cc([N+](=O)[O-])ccc3s2)C1. The van der Waals surface area contributed by atoms with Gasteiger partial charge < -0.3 is 10.6 Å². The average molecular weight is 278 g/mol. The van der Waals surface area contributed by atoms with E-state index in [0.717, 1.165) is 35.8 Å². The van der Waals surface area contributed by atoms with Crippen molar-refractivity contribution >= 4 is 32.4 Å². The Labute approximate surface area is 114 Å². The van der Waals surface area contributed by atoms with Gasteiger partial charge in [-0.05, 0) is 18.9 Å². The number of nitrogens with zero attached hydrogens (tertiary/aromatic N) is 3. The highest BCUT2D eigenvalue weighted by Crippen LogP contribution is 2.32. The molecule has 100 valence electrons. The number of non-ortho nitro benzene ring substituents is 1. The van der Waals surface area contributed by atoms with Gasteiger partial charge in [-0.2, -0.15) is 0 Å². The van der Waals surface area contributed by atoms with Crippen LogP contribution in [0.2, 0.25) is 0 Å². The number of aromatic nitrogens is 1. The van der Waals surface area contributed by atoms with Crippen LogP contribution in [0.5, 0.6) is 0 Å². The minimum Gasteiger partial charge on any atom is -0.347 e. The molecule has 1 atom stereocenters. The predicted molar refractivity (Wildman–Crippen MR) is 75.7 cm³/mol. The Morgan fingerprint density at radius 3 is 3.11 bits per heavy atom. The van der Waals surface area contributed by atoms with Crippen LogP contribution in [-0.4, -0.2) is 29.0 Å². The van der Waals surface area contributed by atoms with Crippen LogP contribution in [0.15, 0.2) is 18.2 Å². The molecule has 3 rings (SSSR count). The Kier molecular flexibility index (Phi) is 3.08. The zero-order valence-electron chi connectivity index (χ0n) is 10.3. The predicted octanol–water partition coefficient (Wildman–Crippen LogP) is 2.13. The first-order valence-electron chi connectivity index (χ1n) is 6.19. The highest BCUT2D eigenvalue weighted by atomic mass is 32.1. The van der Waals surface area contributed by atoms with E-state index in [0.29, 0.717) is 5.52 Å². The molecular weight excluding hydrogens is 264 g/mol. The number of fused-ring (bicyclic) bond motifs is 1. The quantitative estimate of drug-likeness (QED) is 0.672. The fourth-order valence-corrected chi connectivity index (χ4v) is 3.32. The monoisotopic (exact) mass is 278 g/mol. The van der Waals surface area contributed by atoms with Crippen molar-refractivity contribution in [1.29, 1.82) is 0 Å². The van der Waals surface area contributed by atoms with Gasteiger partial charge >= 0.3 is 0 Å². The zero-order chi connectivity index (χ0) is 13.4. The highest BCUT2D eigenvalue weighted by Gasteiger charge is 2.20. The van der Waals surface area contributed by atoms with Crippen LogP contribution in [-0.2, 0) is 0 Å². The van der Waals surface area contributed by atoms with Crippen molar-refractivity contribution in [3.8, 4) is 0 Å². The minimum absolute atomic E-state index is 0.0831.